The Morgan fingerprint density at radius 2 is 2.19 bits per heavy atom. The molecule has 1 aliphatic rings. The third-order valence-corrected chi connectivity index (χ3v) is 3.77. The minimum atomic E-state index is -0.489. The van der Waals surface area contributed by atoms with Crippen LogP contribution in [0.5, 0.6) is 5.75 Å². The zero-order valence-electron chi connectivity index (χ0n) is 12.1. The highest BCUT2D eigenvalue weighted by molar-refractivity contribution is 6.30. The Balaban J connectivity index is 1.96. The van der Waals surface area contributed by atoms with Gasteiger partial charge in [-0.1, -0.05) is 11.6 Å². The first-order valence-electron chi connectivity index (χ1n) is 6.79. The lowest BCUT2D eigenvalue weighted by Gasteiger charge is -2.22. The topological polar surface area (TPSA) is 55.8 Å². The van der Waals surface area contributed by atoms with Crippen LogP contribution >= 0.6 is 11.6 Å². The molecule has 114 valence electrons. The molecule has 0 aromatic heterocycles. The fourth-order valence-corrected chi connectivity index (χ4v) is 2.67. The van der Waals surface area contributed by atoms with E-state index in [9.17, 15) is 9.59 Å². The summed E-state index contributed by atoms with van der Waals surface area (Å²) in [5, 5.41) is 0.622. The number of carbonyl (C=O) groups excluding carboxylic acids is 2. The Kier molecular flexibility index (Phi) is 5.07. The second kappa shape index (κ2) is 6.80. The van der Waals surface area contributed by atoms with E-state index >= 15 is 0 Å². The highest BCUT2D eigenvalue weighted by Gasteiger charge is 2.34. The summed E-state index contributed by atoms with van der Waals surface area (Å²) >= 11 is 5.87. The van der Waals surface area contributed by atoms with Gasteiger partial charge >= 0.3 is 5.97 Å². The van der Waals surface area contributed by atoms with Gasteiger partial charge in [0, 0.05) is 11.6 Å². The van der Waals surface area contributed by atoms with Gasteiger partial charge in [0.15, 0.2) is 6.61 Å². The van der Waals surface area contributed by atoms with Gasteiger partial charge in [-0.2, -0.15) is 0 Å². The van der Waals surface area contributed by atoms with E-state index in [2.05, 4.69) is 0 Å². The monoisotopic (exact) mass is 311 g/mol. The van der Waals surface area contributed by atoms with Crippen LogP contribution in [0.1, 0.15) is 18.4 Å². The first-order valence-corrected chi connectivity index (χ1v) is 7.17. The van der Waals surface area contributed by atoms with Crippen LogP contribution in [0.25, 0.3) is 0 Å². The first-order chi connectivity index (χ1) is 10.0. The van der Waals surface area contributed by atoms with Crippen molar-refractivity contribution in [1.82, 2.24) is 4.90 Å². The number of amides is 1. The highest BCUT2D eigenvalue weighted by Crippen LogP contribution is 2.23. The summed E-state index contributed by atoms with van der Waals surface area (Å²) in [6, 6.07) is 4.72. The molecule has 1 aromatic carbocycles. The Labute approximate surface area is 128 Å². The van der Waals surface area contributed by atoms with E-state index in [0.717, 1.165) is 12.0 Å². The van der Waals surface area contributed by atoms with Gasteiger partial charge < -0.3 is 14.4 Å². The molecule has 5 nitrogen and oxygen atoms in total. The molecule has 1 heterocycles. The lowest BCUT2D eigenvalue weighted by atomic mass is 10.2. The fourth-order valence-electron chi connectivity index (χ4n) is 2.44. The number of halogens is 1. The van der Waals surface area contributed by atoms with Crippen molar-refractivity contribution < 1.29 is 19.1 Å². The molecule has 6 heteroatoms. The Hall–Kier alpha value is -1.75. The summed E-state index contributed by atoms with van der Waals surface area (Å²) in [5.41, 5.74) is 0.862. The van der Waals surface area contributed by atoms with Gasteiger partial charge in [0.2, 0.25) is 0 Å². The normalized spacial score (nSPS) is 17.7. The van der Waals surface area contributed by atoms with Crippen molar-refractivity contribution in [3.05, 3.63) is 28.8 Å². The van der Waals surface area contributed by atoms with Gasteiger partial charge in [0.1, 0.15) is 11.8 Å². The van der Waals surface area contributed by atoms with Crippen LogP contribution in [-0.4, -0.2) is 43.1 Å². The standard InChI is InChI=1S/C15H18ClNO4/c1-10-8-11(16)5-6-13(10)21-9-14(18)17-7-3-4-12(17)15(19)20-2/h5-6,8,12H,3-4,7,9H2,1-2H3. The minimum absolute atomic E-state index is 0.101. The van der Waals surface area contributed by atoms with E-state index in [1.807, 2.05) is 6.92 Å². The van der Waals surface area contributed by atoms with Gasteiger partial charge in [-0.25, -0.2) is 4.79 Å². The molecule has 0 bridgehead atoms. The van der Waals surface area contributed by atoms with Crippen LogP contribution in [0.4, 0.5) is 0 Å². The summed E-state index contributed by atoms with van der Waals surface area (Å²) in [5.74, 6) is 0.0299. The van der Waals surface area contributed by atoms with Crippen LogP contribution < -0.4 is 4.74 Å². The smallest absolute Gasteiger partial charge is 0.328 e. The van der Waals surface area contributed by atoms with Gasteiger partial charge in [-0.3, -0.25) is 4.79 Å². The van der Waals surface area contributed by atoms with Crippen LogP contribution in [0.2, 0.25) is 5.02 Å². The van der Waals surface area contributed by atoms with E-state index in [0.29, 0.717) is 23.7 Å². The number of benzene rings is 1. The molecule has 0 radical (unpaired) electrons. The van der Waals surface area contributed by atoms with E-state index in [4.69, 9.17) is 21.1 Å². The summed E-state index contributed by atoms with van der Waals surface area (Å²) in [6.07, 6.45) is 1.43. The number of aryl methyl sites for hydroxylation is 1. The fraction of sp³-hybridized carbons (Fsp3) is 0.467. The van der Waals surface area contributed by atoms with Crippen LogP contribution in [0.3, 0.4) is 0 Å². The van der Waals surface area contributed by atoms with Crippen molar-refractivity contribution in [3.8, 4) is 5.75 Å². The highest BCUT2D eigenvalue weighted by atomic mass is 35.5. The third-order valence-electron chi connectivity index (χ3n) is 3.53. The quantitative estimate of drug-likeness (QED) is 0.800. The summed E-state index contributed by atoms with van der Waals surface area (Å²) in [6.45, 7) is 2.32. The van der Waals surface area contributed by atoms with E-state index in [1.54, 1.807) is 18.2 Å². The van der Waals surface area contributed by atoms with E-state index < -0.39 is 6.04 Å². The molecule has 1 atom stereocenters. The molecule has 1 amide bonds. The minimum Gasteiger partial charge on any atom is -0.483 e. The molecule has 1 saturated heterocycles. The number of hydrogen-bond donors (Lipinski definition) is 0. The number of methoxy groups -OCH3 is 1. The van der Waals surface area contributed by atoms with Gasteiger partial charge in [-0.15, -0.1) is 0 Å². The van der Waals surface area contributed by atoms with Crippen molar-refractivity contribution in [2.45, 2.75) is 25.8 Å². The largest absolute Gasteiger partial charge is 0.483 e. The SMILES string of the molecule is COC(=O)C1CCCN1C(=O)COc1ccc(Cl)cc1C. The van der Waals surface area contributed by atoms with Gasteiger partial charge in [-0.05, 0) is 43.5 Å². The van der Waals surface area contributed by atoms with Crippen LogP contribution in [0.15, 0.2) is 18.2 Å². The zero-order valence-corrected chi connectivity index (χ0v) is 12.9. The number of hydrogen-bond acceptors (Lipinski definition) is 4. The van der Waals surface area contributed by atoms with Gasteiger partial charge in [0.25, 0.3) is 5.91 Å². The summed E-state index contributed by atoms with van der Waals surface area (Å²) < 4.78 is 10.2. The predicted molar refractivity (Wildman–Crippen MR) is 78.4 cm³/mol. The molecule has 0 saturated carbocycles. The molecular formula is C15H18ClNO4. The Morgan fingerprint density at radius 3 is 2.86 bits per heavy atom. The third kappa shape index (κ3) is 3.67. The number of likely N-dealkylation sites (tertiary alicyclic amines) is 1. The summed E-state index contributed by atoms with van der Waals surface area (Å²) in [7, 11) is 1.33. The van der Waals surface area contributed by atoms with Crippen molar-refractivity contribution in [2.24, 2.45) is 0 Å². The average Bonchev–Trinajstić information content (AvgIpc) is 2.94. The number of ether oxygens (including phenoxy) is 2. The lowest BCUT2D eigenvalue weighted by Crippen LogP contribution is -2.43. The molecule has 21 heavy (non-hydrogen) atoms. The molecular weight excluding hydrogens is 294 g/mol. The van der Waals surface area contributed by atoms with Crippen molar-refractivity contribution in [2.75, 3.05) is 20.3 Å². The number of carbonyl (C=O) groups is 2. The molecule has 0 N–H and O–H groups in total. The molecule has 1 fully saturated rings. The Bertz CT molecular complexity index is 546. The zero-order chi connectivity index (χ0) is 15.4. The summed E-state index contributed by atoms with van der Waals surface area (Å²) in [4.78, 5) is 25.3. The van der Waals surface area contributed by atoms with Crippen LogP contribution in [-0.2, 0) is 14.3 Å². The number of rotatable bonds is 4. The maximum Gasteiger partial charge on any atom is 0.328 e. The van der Waals surface area contributed by atoms with Gasteiger partial charge in [0.05, 0.1) is 7.11 Å². The van der Waals surface area contributed by atoms with Crippen molar-refractivity contribution in [3.63, 3.8) is 0 Å². The lowest BCUT2D eigenvalue weighted by molar-refractivity contribution is -0.151. The maximum atomic E-state index is 12.2. The van der Waals surface area contributed by atoms with Crippen molar-refractivity contribution >= 4 is 23.5 Å². The maximum absolute atomic E-state index is 12.2. The predicted octanol–water partition coefficient (Wildman–Crippen LogP) is 2.19. The Morgan fingerprint density at radius 1 is 1.43 bits per heavy atom. The number of esters is 1. The number of nitrogens with zero attached hydrogens (tertiary/aromatic N) is 1. The molecule has 0 spiro atoms. The second-order valence-electron chi connectivity index (χ2n) is 4.97. The molecule has 2 rings (SSSR count). The first kappa shape index (κ1) is 15.6. The second-order valence-corrected chi connectivity index (χ2v) is 5.40. The van der Waals surface area contributed by atoms with E-state index in [1.165, 1.54) is 12.0 Å². The molecule has 1 aliphatic heterocycles. The molecule has 0 aliphatic carbocycles. The molecule has 1 aromatic rings. The van der Waals surface area contributed by atoms with Crippen molar-refractivity contribution in [1.29, 1.82) is 0 Å². The van der Waals surface area contributed by atoms with Crippen LogP contribution in [0, 0.1) is 6.92 Å². The average molecular weight is 312 g/mol. The molecule has 1 unspecified atom stereocenters. The van der Waals surface area contributed by atoms with E-state index in [-0.39, 0.29) is 18.5 Å².